The second-order valence-corrected chi connectivity index (χ2v) is 6.20. The smallest absolute Gasteiger partial charge is 0.271 e. The second kappa shape index (κ2) is 8.89. The van der Waals surface area contributed by atoms with Crippen molar-refractivity contribution < 1.29 is 9.18 Å². The number of hydrogen-bond acceptors (Lipinski definition) is 4. The van der Waals surface area contributed by atoms with Crippen molar-refractivity contribution in [2.24, 2.45) is 0 Å². The van der Waals surface area contributed by atoms with Crippen molar-refractivity contribution in [1.82, 2.24) is 15.3 Å². The number of benzene rings is 2. The second-order valence-electron chi connectivity index (χ2n) is 6.20. The highest BCUT2D eigenvalue weighted by atomic mass is 19.1. The summed E-state index contributed by atoms with van der Waals surface area (Å²) in [6, 6.07) is 14.3. The Hall–Kier alpha value is -3.28. The predicted octanol–water partition coefficient (Wildman–Crippen LogP) is 3.51. The van der Waals surface area contributed by atoms with Crippen LogP contribution in [-0.4, -0.2) is 22.4 Å². The van der Waals surface area contributed by atoms with Gasteiger partial charge in [-0.25, -0.2) is 14.4 Å². The number of rotatable bonds is 7. The van der Waals surface area contributed by atoms with E-state index in [0.29, 0.717) is 25.3 Å². The standard InChI is InChI=1S/C21H21FN4O/c1-15-4-2-3-5-17(15)12-25-20-14-24-19(13-26-20)21(27)23-11-10-16-6-8-18(22)9-7-16/h2-9,13-14H,10-12H2,1H3,(H,23,27)(H,25,26). The fraction of sp³-hybridized carbons (Fsp3) is 0.190. The minimum atomic E-state index is -0.282. The lowest BCUT2D eigenvalue weighted by Gasteiger charge is -2.09. The Bertz CT molecular complexity index is 895. The molecule has 3 aromatic rings. The van der Waals surface area contributed by atoms with Gasteiger partial charge in [0, 0.05) is 13.1 Å². The molecular weight excluding hydrogens is 343 g/mol. The molecule has 0 spiro atoms. The molecule has 1 aromatic heterocycles. The molecule has 0 saturated heterocycles. The molecule has 0 aliphatic rings. The molecule has 0 radical (unpaired) electrons. The number of nitrogens with zero attached hydrogens (tertiary/aromatic N) is 2. The van der Waals surface area contributed by atoms with Gasteiger partial charge < -0.3 is 10.6 Å². The van der Waals surface area contributed by atoms with E-state index >= 15 is 0 Å². The molecule has 0 unspecified atom stereocenters. The molecule has 3 rings (SSSR count). The van der Waals surface area contributed by atoms with Gasteiger partial charge in [0.05, 0.1) is 12.4 Å². The highest BCUT2D eigenvalue weighted by Gasteiger charge is 2.08. The van der Waals surface area contributed by atoms with Gasteiger partial charge in [-0.05, 0) is 42.2 Å². The van der Waals surface area contributed by atoms with E-state index in [1.807, 2.05) is 12.1 Å². The third-order valence-corrected chi connectivity index (χ3v) is 4.22. The van der Waals surface area contributed by atoms with Crippen molar-refractivity contribution in [1.29, 1.82) is 0 Å². The minimum absolute atomic E-state index is 0.260. The van der Waals surface area contributed by atoms with Crippen LogP contribution in [0.5, 0.6) is 0 Å². The van der Waals surface area contributed by atoms with Crippen molar-refractivity contribution in [3.63, 3.8) is 0 Å². The summed E-state index contributed by atoms with van der Waals surface area (Å²) in [7, 11) is 0. The zero-order valence-corrected chi connectivity index (χ0v) is 15.1. The van der Waals surface area contributed by atoms with Gasteiger partial charge in [-0.3, -0.25) is 4.79 Å². The Labute approximate surface area is 157 Å². The number of aryl methyl sites for hydroxylation is 1. The Morgan fingerprint density at radius 1 is 1.04 bits per heavy atom. The number of halogens is 1. The van der Waals surface area contributed by atoms with E-state index in [1.54, 1.807) is 18.3 Å². The summed E-state index contributed by atoms with van der Waals surface area (Å²) >= 11 is 0. The number of amides is 1. The fourth-order valence-electron chi connectivity index (χ4n) is 2.59. The first-order chi connectivity index (χ1) is 13.1. The predicted molar refractivity (Wildman–Crippen MR) is 103 cm³/mol. The topological polar surface area (TPSA) is 66.9 Å². The van der Waals surface area contributed by atoms with Crippen LogP contribution in [-0.2, 0) is 13.0 Å². The fourth-order valence-corrected chi connectivity index (χ4v) is 2.59. The van der Waals surface area contributed by atoms with Gasteiger partial charge in [0.2, 0.25) is 0 Å². The minimum Gasteiger partial charge on any atom is -0.365 e. The zero-order valence-electron chi connectivity index (χ0n) is 15.1. The van der Waals surface area contributed by atoms with E-state index in [9.17, 15) is 9.18 Å². The molecule has 138 valence electrons. The molecule has 0 aliphatic heterocycles. The third kappa shape index (κ3) is 5.34. The lowest BCUT2D eigenvalue weighted by atomic mass is 10.1. The summed E-state index contributed by atoms with van der Waals surface area (Å²) in [6.45, 7) is 3.14. The van der Waals surface area contributed by atoms with E-state index < -0.39 is 0 Å². The summed E-state index contributed by atoms with van der Waals surface area (Å²) in [6.07, 6.45) is 3.62. The summed E-state index contributed by atoms with van der Waals surface area (Å²) in [5.74, 6) is 0.0605. The van der Waals surface area contributed by atoms with Crippen molar-refractivity contribution in [3.05, 3.63) is 89.1 Å². The molecule has 1 amide bonds. The average molecular weight is 364 g/mol. The van der Waals surface area contributed by atoms with Crippen molar-refractivity contribution in [3.8, 4) is 0 Å². The van der Waals surface area contributed by atoms with E-state index in [-0.39, 0.29) is 17.4 Å². The molecule has 1 heterocycles. The van der Waals surface area contributed by atoms with Crippen LogP contribution in [0.1, 0.15) is 27.2 Å². The molecule has 5 nitrogen and oxygen atoms in total. The van der Waals surface area contributed by atoms with E-state index in [1.165, 1.54) is 29.5 Å². The maximum atomic E-state index is 12.9. The van der Waals surface area contributed by atoms with Crippen LogP contribution in [0.15, 0.2) is 60.9 Å². The molecule has 2 N–H and O–H groups in total. The number of nitrogens with one attached hydrogen (secondary N) is 2. The number of hydrogen-bond donors (Lipinski definition) is 2. The molecule has 0 bridgehead atoms. The highest BCUT2D eigenvalue weighted by molar-refractivity contribution is 5.91. The molecule has 27 heavy (non-hydrogen) atoms. The SMILES string of the molecule is Cc1ccccc1CNc1cnc(C(=O)NCCc2ccc(F)cc2)cn1. The average Bonchev–Trinajstić information content (AvgIpc) is 2.69. The van der Waals surface area contributed by atoms with Crippen LogP contribution in [0, 0.1) is 12.7 Å². The van der Waals surface area contributed by atoms with Gasteiger partial charge in [-0.15, -0.1) is 0 Å². The number of carbonyl (C=O) groups excluding carboxylic acids is 1. The quantitative estimate of drug-likeness (QED) is 0.673. The first kappa shape index (κ1) is 18.5. The zero-order chi connectivity index (χ0) is 19.1. The summed E-state index contributed by atoms with van der Waals surface area (Å²) in [5, 5.41) is 5.99. The van der Waals surface area contributed by atoms with Crippen molar-refractivity contribution >= 4 is 11.7 Å². The Kier molecular flexibility index (Phi) is 6.10. The molecule has 0 saturated carbocycles. The van der Waals surface area contributed by atoms with Crippen LogP contribution >= 0.6 is 0 Å². The summed E-state index contributed by atoms with van der Waals surface area (Å²) < 4.78 is 12.9. The number of aromatic nitrogens is 2. The van der Waals surface area contributed by atoms with Crippen LogP contribution < -0.4 is 10.6 Å². The molecule has 6 heteroatoms. The van der Waals surface area contributed by atoms with Gasteiger partial charge >= 0.3 is 0 Å². The van der Waals surface area contributed by atoms with Gasteiger partial charge in [-0.1, -0.05) is 36.4 Å². The molecular formula is C21H21FN4O. The van der Waals surface area contributed by atoms with E-state index in [0.717, 1.165) is 5.56 Å². The molecule has 0 atom stereocenters. The number of carbonyl (C=O) groups is 1. The lowest BCUT2D eigenvalue weighted by Crippen LogP contribution is -2.26. The van der Waals surface area contributed by atoms with Gasteiger partial charge in [0.25, 0.3) is 5.91 Å². The Morgan fingerprint density at radius 2 is 1.81 bits per heavy atom. The normalized spacial score (nSPS) is 10.4. The number of anilines is 1. The molecule has 2 aromatic carbocycles. The Morgan fingerprint density at radius 3 is 2.52 bits per heavy atom. The van der Waals surface area contributed by atoms with Crippen LogP contribution in [0.2, 0.25) is 0 Å². The first-order valence-corrected chi connectivity index (χ1v) is 8.75. The van der Waals surface area contributed by atoms with Crippen molar-refractivity contribution in [2.75, 3.05) is 11.9 Å². The Balaban J connectivity index is 1.48. The van der Waals surface area contributed by atoms with Gasteiger partial charge in [0.1, 0.15) is 17.3 Å². The first-order valence-electron chi connectivity index (χ1n) is 8.75. The van der Waals surface area contributed by atoms with Crippen molar-refractivity contribution in [2.45, 2.75) is 19.9 Å². The van der Waals surface area contributed by atoms with E-state index in [4.69, 9.17) is 0 Å². The van der Waals surface area contributed by atoms with Gasteiger partial charge in [-0.2, -0.15) is 0 Å². The molecule has 0 aliphatic carbocycles. The summed E-state index contributed by atoms with van der Waals surface area (Å²) in [4.78, 5) is 20.5. The van der Waals surface area contributed by atoms with Crippen LogP contribution in [0.25, 0.3) is 0 Å². The monoisotopic (exact) mass is 364 g/mol. The maximum Gasteiger partial charge on any atom is 0.271 e. The lowest BCUT2D eigenvalue weighted by molar-refractivity contribution is 0.0949. The summed E-state index contributed by atoms with van der Waals surface area (Å²) in [5.41, 5.74) is 3.60. The van der Waals surface area contributed by atoms with Crippen LogP contribution in [0.3, 0.4) is 0 Å². The van der Waals surface area contributed by atoms with Gasteiger partial charge in [0.15, 0.2) is 0 Å². The highest BCUT2D eigenvalue weighted by Crippen LogP contribution is 2.10. The third-order valence-electron chi connectivity index (χ3n) is 4.22. The largest absolute Gasteiger partial charge is 0.365 e. The van der Waals surface area contributed by atoms with E-state index in [2.05, 4.69) is 39.7 Å². The van der Waals surface area contributed by atoms with Crippen LogP contribution in [0.4, 0.5) is 10.2 Å². The molecule has 0 fully saturated rings. The maximum absolute atomic E-state index is 12.9.